The highest BCUT2D eigenvalue weighted by atomic mass is 16.2. The van der Waals surface area contributed by atoms with Crippen LogP contribution in [0.2, 0.25) is 0 Å². The molecule has 2 aliphatic heterocycles. The largest absolute Gasteiger partial charge is 0.370 e. The lowest BCUT2D eigenvalue weighted by Gasteiger charge is -2.37. The van der Waals surface area contributed by atoms with Crippen molar-refractivity contribution in [1.82, 2.24) is 24.9 Å². The second-order valence-electron chi connectivity index (χ2n) is 9.64. The number of nitrogens with two attached hydrogens (primary N) is 2. The third kappa shape index (κ3) is 7.45. The van der Waals surface area contributed by atoms with Gasteiger partial charge in [-0.25, -0.2) is 0 Å². The number of guanidine groups is 1. The van der Waals surface area contributed by atoms with E-state index in [9.17, 15) is 9.59 Å². The van der Waals surface area contributed by atoms with Gasteiger partial charge in [-0.15, -0.1) is 0 Å². The van der Waals surface area contributed by atoms with E-state index >= 15 is 0 Å². The molecular weight excluding hydrogens is 506 g/mol. The Bertz CT molecular complexity index is 1210. The minimum atomic E-state index is -0.225. The van der Waals surface area contributed by atoms with Gasteiger partial charge in [0.15, 0.2) is 5.96 Å². The Balaban J connectivity index is 0.00000216. The molecule has 2 fully saturated rings. The Morgan fingerprint density at radius 3 is 1.98 bits per heavy atom. The zero-order valence-electron chi connectivity index (χ0n) is 23.4. The second kappa shape index (κ2) is 14.2. The predicted octanol–water partition coefficient (Wildman–Crippen LogP) is 1.06. The molecule has 4 rings (SSSR count). The van der Waals surface area contributed by atoms with Crippen molar-refractivity contribution in [2.45, 2.75) is 6.54 Å². The molecular formula is C29H41N9O2. The van der Waals surface area contributed by atoms with Crippen LogP contribution in [0.15, 0.2) is 49.0 Å². The van der Waals surface area contributed by atoms with E-state index in [1.54, 1.807) is 13.1 Å². The van der Waals surface area contributed by atoms with Crippen molar-refractivity contribution in [2.75, 3.05) is 66.5 Å². The van der Waals surface area contributed by atoms with Gasteiger partial charge in [-0.05, 0) is 41.9 Å². The van der Waals surface area contributed by atoms with Crippen LogP contribution in [0, 0.1) is 10.8 Å². The molecule has 0 atom stereocenters. The van der Waals surface area contributed by atoms with Crippen molar-refractivity contribution < 1.29 is 9.59 Å². The van der Waals surface area contributed by atoms with Crippen molar-refractivity contribution >= 4 is 29.7 Å². The molecule has 214 valence electrons. The average Bonchev–Trinajstić information content (AvgIpc) is 3.01. The molecule has 2 aliphatic rings. The maximum Gasteiger partial charge on any atom is 0.254 e. The molecule has 0 bridgehead atoms. The maximum absolute atomic E-state index is 13.5. The molecule has 7 N–H and O–H groups in total. The summed E-state index contributed by atoms with van der Waals surface area (Å²) in [6, 6.07) is 13.1. The van der Waals surface area contributed by atoms with Gasteiger partial charge in [0.2, 0.25) is 0 Å². The van der Waals surface area contributed by atoms with Gasteiger partial charge in [-0.3, -0.25) is 19.9 Å². The number of nitrogens with one attached hydrogen (secondary N) is 3. The molecule has 2 saturated heterocycles. The van der Waals surface area contributed by atoms with Crippen LogP contribution < -0.4 is 16.8 Å². The first-order chi connectivity index (χ1) is 19.3. The fraction of sp³-hybridized carbons (Fsp3) is 0.379. The van der Waals surface area contributed by atoms with Crippen LogP contribution in [0.5, 0.6) is 0 Å². The number of benzene rings is 2. The third-order valence-electron chi connectivity index (χ3n) is 7.21. The summed E-state index contributed by atoms with van der Waals surface area (Å²) in [6.07, 6.45) is 1.32. The van der Waals surface area contributed by atoms with Crippen molar-refractivity contribution in [3.63, 3.8) is 0 Å². The normalized spacial score (nSPS) is 15.5. The quantitative estimate of drug-likeness (QED) is 0.256. The number of amides is 2. The molecule has 11 nitrogen and oxygen atoms in total. The Morgan fingerprint density at radius 1 is 0.875 bits per heavy atom. The highest BCUT2D eigenvalue weighted by Crippen LogP contribution is 2.21. The molecule has 0 aliphatic carbocycles. The van der Waals surface area contributed by atoms with Gasteiger partial charge in [0.1, 0.15) is 0 Å². The van der Waals surface area contributed by atoms with Gasteiger partial charge in [0.05, 0.1) is 0 Å². The molecule has 0 radical (unpaired) electrons. The summed E-state index contributed by atoms with van der Waals surface area (Å²) in [5, 5.41) is 17.7. The first kappa shape index (κ1) is 30.3. The van der Waals surface area contributed by atoms with Crippen LogP contribution >= 0.6 is 0 Å². The van der Waals surface area contributed by atoms with E-state index in [1.807, 2.05) is 46.2 Å². The number of carbonyl (C=O) groups excluding carboxylic acids is 2. The summed E-state index contributed by atoms with van der Waals surface area (Å²) in [6.45, 7) is 10.2. The predicted molar refractivity (Wildman–Crippen MR) is 160 cm³/mol. The number of carbonyl (C=O) groups is 2. The third-order valence-corrected chi connectivity index (χ3v) is 7.21. The van der Waals surface area contributed by atoms with E-state index in [1.165, 1.54) is 13.3 Å². The van der Waals surface area contributed by atoms with Crippen LogP contribution in [0.25, 0.3) is 5.70 Å². The number of piperazine rings is 2. The van der Waals surface area contributed by atoms with Crippen LogP contribution in [0.4, 0.5) is 0 Å². The van der Waals surface area contributed by atoms with Gasteiger partial charge < -0.3 is 36.9 Å². The smallest absolute Gasteiger partial charge is 0.254 e. The van der Waals surface area contributed by atoms with Crippen molar-refractivity contribution in [3.8, 4) is 0 Å². The lowest BCUT2D eigenvalue weighted by molar-refractivity contribution is 0.0686. The molecule has 40 heavy (non-hydrogen) atoms. The van der Waals surface area contributed by atoms with E-state index in [0.717, 1.165) is 35.5 Å². The van der Waals surface area contributed by atoms with Gasteiger partial charge >= 0.3 is 0 Å². The van der Waals surface area contributed by atoms with Crippen LogP contribution in [0.1, 0.15) is 37.4 Å². The summed E-state index contributed by atoms with van der Waals surface area (Å²) in [4.78, 5) is 34.1. The second-order valence-corrected chi connectivity index (χ2v) is 9.64. The maximum atomic E-state index is 13.5. The van der Waals surface area contributed by atoms with Crippen LogP contribution in [0.3, 0.4) is 0 Å². The Labute approximate surface area is 236 Å². The molecule has 0 spiro atoms. The zero-order valence-corrected chi connectivity index (χ0v) is 23.4. The minimum absolute atomic E-state index is 0.0843. The SMILES string of the molecule is C=C(c1ccc(C=N)cc1)N1CCN(C(=O)c2cc(CN3CCN(C(=N)N)CC3)cc(C(=O)NC)c2)CC1.CN. The molecule has 2 aromatic rings. The number of nitrogens with zero attached hydrogens (tertiary/aromatic N) is 4. The first-order valence-corrected chi connectivity index (χ1v) is 13.4. The summed E-state index contributed by atoms with van der Waals surface area (Å²) in [5.74, 6) is -0.222. The molecule has 2 amide bonds. The fourth-order valence-corrected chi connectivity index (χ4v) is 4.90. The highest BCUT2D eigenvalue weighted by molar-refractivity contribution is 6.00. The Morgan fingerprint density at radius 2 is 1.43 bits per heavy atom. The van der Waals surface area contributed by atoms with E-state index in [4.69, 9.17) is 16.6 Å². The van der Waals surface area contributed by atoms with Crippen molar-refractivity contribution in [1.29, 1.82) is 10.8 Å². The van der Waals surface area contributed by atoms with Gasteiger partial charge in [-0.1, -0.05) is 30.8 Å². The number of hydrogen-bond acceptors (Lipinski definition) is 7. The average molecular weight is 548 g/mol. The first-order valence-electron chi connectivity index (χ1n) is 13.4. The molecule has 0 aromatic heterocycles. The molecule has 0 saturated carbocycles. The van der Waals surface area contributed by atoms with Crippen LogP contribution in [-0.2, 0) is 6.54 Å². The Hall–Kier alpha value is -4.22. The fourth-order valence-electron chi connectivity index (χ4n) is 4.90. The van der Waals surface area contributed by atoms with E-state index in [2.05, 4.69) is 27.4 Å². The highest BCUT2D eigenvalue weighted by Gasteiger charge is 2.25. The van der Waals surface area contributed by atoms with E-state index in [-0.39, 0.29) is 17.8 Å². The van der Waals surface area contributed by atoms with Crippen LogP contribution in [-0.4, -0.2) is 110 Å². The van der Waals surface area contributed by atoms with Gasteiger partial charge in [0, 0.05) is 89.0 Å². The van der Waals surface area contributed by atoms with Crippen molar-refractivity contribution in [2.24, 2.45) is 11.5 Å². The molecule has 11 heteroatoms. The molecule has 2 aromatic carbocycles. The summed E-state index contributed by atoms with van der Waals surface area (Å²) in [7, 11) is 3.09. The lowest BCUT2D eigenvalue weighted by Crippen LogP contribution is -2.50. The topological polar surface area (TPSA) is 159 Å². The number of hydrogen-bond donors (Lipinski definition) is 5. The van der Waals surface area contributed by atoms with Gasteiger partial charge in [-0.2, -0.15) is 0 Å². The number of rotatable bonds is 7. The standard InChI is InChI=1S/C28H36N8O2.CH5N/c1-20(23-5-3-21(18-29)4-6-23)34-11-13-35(14-12-34)27(38)25-16-22(15-24(17-25)26(37)32-2)19-33-7-9-36(10-8-33)28(30)31;1-2/h3-6,15-18,29H,1,7-14,19H2,2H3,(H3,30,31)(H,32,37);2H2,1H3. The van der Waals surface area contributed by atoms with Crippen molar-refractivity contribution in [3.05, 3.63) is 76.9 Å². The summed E-state index contributed by atoms with van der Waals surface area (Å²) < 4.78 is 0. The zero-order chi connectivity index (χ0) is 29.2. The lowest BCUT2D eigenvalue weighted by atomic mass is 10.0. The molecule has 2 heterocycles. The monoisotopic (exact) mass is 547 g/mol. The van der Waals surface area contributed by atoms with Gasteiger partial charge in [0.25, 0.3) is 11.8 Å². The summed E-state index contributed by atoms with van der Waals surface area (Å²) in [5.41, 5.74) is 14.7. The Kier molecular flexibility index (Phi) is 10.8. The minimum Gasteiger partial charge on any atom is -0.370 e. The van der Waals surface area contributed by atoms with E-state index < -0.39 is 0 Å². The molecule has 0 unspecified atom stereocenters. The van der Waals surface area contributed by atoms with E-state index in [0.29, 0.717) is 56.9 Å². The summed E-state index contributed by atoms with van der Waals surface area (Å²) >= 11 is 0.